The van der Waals surface area contributed by atoms with Crippen molar-refractivity contribution < 1.29 is 56.2 Å². The van der Waals surface area contributed by atoms with E-state index in [0.717, 1.165) is 51.4 Å². The second-order valence-corrected chi connectivity index (χ2v) is 18.1. The highest BCUT2D eigenvalue weighted by atomic mass is 32.3. The summed E-state index contributed by atoms with van der Waals surface area (Å²) in [5, 5.41) is 30.7. The van der Waals surface area contributed by atoms with E-state index >= 15 is 0 Å². The quantitative estimate of drug-likeness (QED) is 0.0197. The average Bonchev–Trinajstić information content (AvgIpc) is 3.23. The van der Waals surface area contributed by atoms with Crippen molar-refractivity contribution in [2.75, 3.05) is 26.4 Å². The second kappa shape index (κ2) is 40.1. The number of ether oxygens (including phenoxy) is 4. The van der Waals surface area contributed by atoms with Gasteiger partial charge in [-0.1, -0.05) is 167 Å². The highest BCUT2D eigenvalue weighted by Gasteiger charge is 2.48. The molecular weight excluding hydrogens is 801 g/mol. The van der Waals surface area contributed by atoms with Crippen LogP contribution in [0.15, 0.2) is 24.3 Å². The molecule has 6 atom stereocenters. The predicted molar refractivity (Wildman–Crippen MR) is 244 cm³/mol. The van der Waals surface area contributed by atoms with Crippen LogP contribution in [0.4, 0.5) is 0 Å². The van der Waals surface area contributed by atoms with Crippen LogP contribution in [0.5, 0.6) is 0 Å². The number of hydrogen-bond acceptors (Lipinski definition) is 11. The summed E-state index contributed by atoms with van der Waals surface area (Å²) in [5.41, 5.74) is 0. The molecule has 0 aliphatic carbocycles. The third-order valence-corrected chi connectivity index (χ3v) is 11.8. The van der Waals surface area contributed by atoms with Crippen molar-refractivity contribution >= 4 is 16.4 Å². The van der Waals surface area contributed by atoms with Gasteiger partial charge in [-0.2, -0.15) is 8.42 Å². The molecule has 0 aromatic rings. The summed E-state index contributed by atoms with van der Waals surface area (Å²) < 4.78 is 59.2. The van der Waals surface area contributed by atoms with Gasteiger partial charge >= 0.3 is 16.4 Å². The summed E-state index contributed by atoms with van der Waals surface area (Å²) in [6.07, 6.45) is 36.3. The molecule has 1 heterocycles. The Morgan fingerprint density at radius 2 is 1.03 bits per heavy atom. The summed E-state index contributed by atoms with van der Waals surface area (Å²) >= 11 is 0. The minimum Gasteiger partial charge on any atom is -0.457 e. The first-order valence-corrected chi connectivity index (χ1v) is 26.0. The number of hydrogen-bond donors (Lipinski definition) is 4. The molecule has 360 valence electrons. The monoisotopic (exact) mass is 891 g/mol. The maximum Gasteiger partial charge on any atom is 0.397 e. The Morgan fingerprint density at radius 3 is 1.48 bits per heavy atom. The van der Waals surface area contributed by atoms with Crippen LogP contribution in [0.3, 0.4) is 0 Å². The maximum absolute atomic E-state index is 12.9. The second-order valence-electron chi connectivity index (χ2n) is 17.0. The van der Waals surface area contributed by atoms with Crippen molar-refractivity contribution in [3.63, 3.8) is 0 Å². The molecule has 0 amide bonds. The lowest BCUT2D eigenvalue weighted by Crippen LogP contribution is -2.60. The van der Waals surface area contributed by atoms with Crippen LogP contribution in [0.25, 0.3) is 0 Å². The number of carbonyl (C=O) groups excluding carboxylic acids is 1. The molecule has 12 nitrogen and oxygen atoms in total. The van der Waals surface area contributed by atoms with Gasteiger partial charge in [0, 0.05) is 13.0 Å². The van der Waals surface area contributed by atoms with Crippen LogP contribution < -0.4 is 0 Å². The first kappa shape index (κ1) is 57.6. The largest absolute Gasteiger partial charge is 0.457 e. The molecular formula is C48H90O12S. The number of rotatable bonds is 43. The van der Waals surface area contributed by atoms with Crippen LogP contribution in [0.2, 0.25) is 0 Å². The van der Waals surface area contributed by atoms with E-state index in [9.17, 15) is 33.1 Å². The van der Waals surface area contributed by atoms with Crippen LogP contribution >= 0.6 is 0 Å². The zero-order valence-electron chi connectivity index (χ0n) is 38.5. The Balaban J connectivity index is 2.39. The third kappa shape index (κ3) is 33.7. The Labute approximate surface area is 371 Å². The normalized spacial score (nSPS) is 20.3. The molecule has 0 aromatic heterocycles. The van der Waals surface area contributed by atoms with Crippen LogP contribution in [0, 0.1) is 0 Å². The van der Waals surface area contributed by atoms with Crippen molar-refractivity contribution in [3.05, 3.63) is 24.3 Å². The van der Waals surface area contributed by atoms with Crippen molar-refractivity contribution in [2.45, 2.75) is 250 Å². The minimum absolute atomic E-state index is 0.0327. The zero-order valence-corrected chi connectivity index (χ0v) is 39.3. The molecule has 0 spiro atoms. The number of esters is 1. The third-order valence-electron chi connectivity index (χ3n) is 11.3. The van der Waals surface area contributed by atoms with E-state index in [1.54, 1.807) is 0 Å². The van der Waals surface area contributed by atoms with Gasteiger partial charge in [-0.25, -0.2) is 4.18 Å². The van der Waals surface area contributed by atoms with Gasteiger partial charge in [0.1, 0.15) is 30.5 Å². The molecule has 0 saturated carbocycles. The van der Waals surface area contributed by atoms with Crippen molar-refractivity contribution in [2.24, 2.45) is 0 Å². The topological polar surface area (TPSA) is 178 Å². The maximum atomic E-state index is 12.9. The summed E-state index contributed by atoms with van der Waals surface area (Å²) in [5.74, 6) is -0.404. The number of unbranched alkanes of at least 4 members (excludes halogenated alkanes) is 26. The predicted octanol–water partition coefficient (Wildman–Crippen LogP) is 10.8. The lowest BCUT2D eigenvalue weighted by Gasteiger charge is -2.41. The number of allylic oxidation sites excluding steroid dienone is 4. The number of aliphatic hydroxyl groups is 3. The molecule has 1 saturated heterocycles. The molecule has 1 aliphatic rings. The number of carbonyl (C=O) groups is 1. The molecule has 0 aromatic carbocycles. The molecule has 4 N–H and O–H groups in total. The number of aliphatic hydroxyl groups excluding tert-OH is 3. The Kier molecular flexibility index (Phi) is 37.9. The van der Waals surface area contributed by atoms with Gasteiger partial charge in [-0.15, -0.1) is 0 Å². The summed E-state index contributed by atoms with van der Waals surface area (Å²) in [6.45, 7) is 3.99. The van der Waals surface area contributed by atoms with Gasteiger partial charge in [-0.3, -0.25) is 9.35 Å². The fourth-order valence-electron chi connectivity index (χ4n) is 7.54. The molecule has 0 bridgehead atoms. The van der Waals surface area contributed by atoms with Crippen molar-refractivity contribution in [3.8, 4) is 0 Å². The zero-order chi connectivity index (χ0) is 44.7. The molecule has 1 fully saturated rings. The van der Waals surface area contributed by atoms with Gasteiger partial charge in [-0.05, 0) is 64.2 Å². The lowest BCUT2D eigenvalue weighted by molar-refractivity contribution is -0.301. The fraction of sp³-hybridized carbons (Fsp3) is 0.896. The van der Waals surface area contributed by atoms with Crippen LogP contribution in [0.1, 0.15) is 213 Å². The van der Waals surface area contributed by atoms with Crippen LogP contribution in [-0.2, 0) is 38.3 Å². The van der Waals surface area contributed by atoms with E-state index in [1.807, 2.05) is 0 Å². The molecule has 0 radical (unpaired) electrons. The fourth-order valence-corrected chi connectivity index (χ4v) is 8.05. The molecule has 13 heteroatoms. The van der Waals surface area contributed by atoms with E-state index < -0.39 is 59.8 Å². The first-order valence-electron chi connectivity index (χ1n) is 24.6. The average molecular weight is 891 g/mol. The molecule has 1 aliphatic heterocycles. The van der Waals surface area contributed by atoms with Gasteiger partial charge in [0.05, 0.1) is 19.8 Å². The Morgan fingerprint density at radius 1 is 0.607 bits per heavy atom. The standard InChI is InChI=1S/C48H90O12S/c1-3-5-7-9-11-13-15-17-19-21-22-23-25-27-29-31-33-35-37-44(50)58-42(41-57-48-46(52)47(60-61(53,54)55)45(51)43(39-49)59-48)40-56-38-36-34-32-30-28-26-24-20-18-16-14-12-10-8-6-4-2/h18-21,42-43,45-49,51-52H,3-17,22-41H2,1-2H3,(H,53,54,55)/b20-18-,21-19-. The summed E-state index contributed by atoms with van der Waals surface area (Å²) in [4.78, 5) is 12.9. The summed E-state index contributed by atoms with van der Waals surface area (Å²) in [7, 11) is -5.06. The molecule has 1 rings (SSSR count). The van der Waals surface area contributed by atoms with E-state index in [2.05, 4.69) is 42.3 Å². The Bertz CT molecular complexity index is 1170. The van der Waals surface area contributed by atoms with Gasteiger partial charge < -0.3 is 34.3 Å². The minimum atomic E-state index is -5.06. The van der Waals surface area contributed by atoms with Crippen molar-refractivity contribution in [1.29, 1.82) is 0 Å². The van der Waals surface area contributed by atoms with Gasteiger partial charge in [0.2, 0.25) is 0 Å². The molecule has 6 unspecified atom stereocenters. The van der Waals surface area contributed by atoms with Gasteiger partial charge in [0.25, 0.3) is 0 Å². The highest BCUT2D eigenvalue weighted by molar-refractivity contribution is 7.80. The Hall–Kier alpha value is -1.42. The van der Waals surface area contributed by atoms with Gasteiger partial charge in [0.15, 0.2) is 6.29 Å². The molecule has 61 heavy (non-hydrogen) atoms. The van der Waals surface area contributed by atoms with E-state index in [-0.39, 0.29) is 19.6 Å². The smallest absolute Gasteiger partial charge is 0.397 e. The lowest BCUT2D eigenvalue weighted by atomic mass is 9.99. The van der Waals surface area contributed by atoms with E-state index in [0.29, 0.717) is 13.0 Å². The van der Waals surface area contributed by atoms with Crippen LogP contribution in [-0.4, -0.2) is 97.5 Å². The van der Waals surface area contributed by atoms with E-state index in [4.69, 9.17) is 18.9 Å². The SMILES string of the molecule is CCCCCCCC/C=C\CCCCCCCCOCC(COC1OC(CO)C(O)C(OS(=O)(=O)O)C1O)OC(=O)CCCCCCCCC/C=C\CCCCCCCCC. The van der Waals surface area contributed by atoms with Crippen molar-refractivity contribution in [1.82, 2.24) is 0 Å². The summed E-state index contributed by atoms with van der Waals surface area (Å²) in [6, 6.07) is 0. The highest BCUT2D eigenvalue weighted by Crippen LogP contribution is 2.26. The first-order chi connectivity index (χ1) is 29.6. The van der Waals surface area contributed by atoms with E-state index in [1.165, 1.54) is 135 Å².